The fourth-order valence-corrected chi connectivity index (χ4v) is 3.31. The first-order valence-electron chi connectivity index (χ1n) is 5.62. The largest absolute Gasteiger partial charge is 0.399 e. The average Bonchev–Trinajstić information content (AvgIpc) is 2.37. The maximum atomic E-state index is 12.3. The van der Waals surface area contributed by atoms with Gasteiger partial charge >= 0.3 is 0 Å². The number of anilines is 2. The summed E-state index contributed by atoms with van der Waals surface area (Å²) >= 11 is 3.21. The summed E-state index contributed by atoms with van der Waals surface area (Å²) in [4.78, 5) is 9.70. The molecule has 3 N–H and O–H groups in total. The minimum Gasteiger partial charge on any atom is -0.399 e. The number of halogens is 1. The number of nitro groups is 1. The van der Waals surface area contributed by atoms with Crippen LogP contribution >= 0.6 is 15.9 Å². The predicted octanol–water partition coefficient (Wildman–Crippen LogP) is 2.74. The van der Waals surface area contributed by atoms with Crippen molar-refractivity contribution in [3.63, 3.8) is 0 Å². The summed E-state index contributed by atoms with van der Waals surface area (Å²) in [5, 5.41) is 11.0. The van der Waals surface area contributed by atoms with Crippen LogP contribution in [0, 0.1) is 10.1 Å². The summed E-state index contributed by atoms with van der Waals surface area (Å²) in [6.07, 6.45) is 0. The third-order valence-electron chi connectivity index (χ3n) is 2.55. The summed E-state index contributed by atoms with van der Waals surface area (Å²) in [6, 6.07) is 9.81. The molecular formula is C12H10BrN3O4S. The zero-order valence-corrected chi connectivity index (χ0v) is 12.9. The molecule has 21 heavy (non-hydrogen) atoms. The second kappa shape index (κ2) is 5.70. The van der Waals surface area contributed by atoms with E-state index < -0.39 is 25.5 Å². The molecule has 0 aliphatic rings. The lowest BCUT2D eigenvalue weighted by Gasteiger charge is -2.09. The van der Waals surface area contributed by atoms with Gasteiger partial charge in [0.25, 0.3) is 15.7 Å². The van der Waals surface area contributed by atoms with Crippen molar-refractivity contribution >= 4 is 43.0 Å². The van der Waals surface area contributed by atoms with Gasteiger partial charge < -0.3 is 5.73 Å². The van der Waals surface area contributed by atoms with Crippen molar-refractivity contribution in [2.75, 3.05) is 10.5 Å². The Labute approximate surface area is 129 Å². The van der Waals surface area contributed by atoms with Gasteiger partial charge in [-0.05, 0) is 30.3 Å². The zero-order valence-electron chi connectivity index (χ0n) is 10.5. The molecule has 0 aliphatic carbocycles. The van der Waals surface area contributed by atoms with Crippen molar-refractivity contribution in [2.45, 2.75) is 4.90 Å². The number of nitro benzene ring substituents is 1. The number of nitrogens with two attached hydrogens (primary N) is 1. The summed E-state index contributed by atoms with van der Waals surface area (Å²) in [7, 11) is -4.12. The molecule has 0 aliphatic heterocycles. The SMILES string of the molecule is Nc1ccc([N+](=O)[O-])c(S(=O)(=O)Nc2cccc(Br)c2)c1. The van der Waals surface area contributed by atoms with Crippen molar-refractivity contribution in [1.29, 1.82) is 0 Å². The van der Waals surface area contributed by atoms with Gasteiger partial charge in [-0.25, -0.2) is 8.42 Å². The van der Waals surface area contributed by atoms with Crippen molar-refractivity contribution in [3.8, 4) is 0 Å². The zero-order chi connectivity index (χ0) is 15.6. The molecule has 0 saturated carbocycles. The van der Waals surface area contributed by atoms with Crippen molar-refractivity contribution in [3.05, 3.63) is 57.1 Å². The van der Waals surface area contributed by atoms with Gasteiger partial charge in [-0.2, -0.15) is 0 Å². The maximum absolute atomic E-state index is 12.3. The Bertz CT molecular complexity index is 808. The smallest absolute Gasteiger partial charge is 0.290 e. The van der Waals surface area contributed by atoms with Gasteiger partial charge in [-0.1, -0.05) is 22.0 Å². The van der Waals surface area contributed by atoms with Gasteiger partial charge in [0.15, 0.2) is 4.90 Å². The molecule has 0 aromatic heterocycles. The molecular weight excluding hydrogens is 362 g/mol. The summed E-state index contributed by atoms with van der Waals surface area (Å²) in [6.45, 7) is 0. The van der Waals surface area contributed by atoms with E-state index >= 15 is 0 Å². The quantitative estimate of drug-likeness (QED) is 0.486. The lowest BCUT2D eigenvalue weighted by atomic mass is 10.3. The summed E-state index contributed by atoms with van der Waals surface area (Å²) in [5.41, 5.74) is 5.38. The molecule has 7 nitrogen and oxygen atoms in total. The van der Waals surface area contributed by atoms with Crippen molar-refractivity contribution in [1.82, 2.24) is 0 Å². The molecule has 0 amide bonds. The van der Waals surface area contributed by atoms with Crippen LogP contribution in [0.15, 0.2) is 51.8 Å². The van der Waals surface area contributed by atoms with Gasteiger partial charge in [0, 0.05) is 21.9 Å². The van der Waals surface area contributed by atoms with Crippen LogP contribution < -0.4 is 10.5 Å². The first-order valence-corrected chi connectivity index (χ1v) is 7.89. The van der Waals surface area contributed by atoms with Crippen LogP contribution in [0.4, 0.5) is 17.1 Å². The van der Waals surface area contributed by atoms with Crippen molar-refractivity contribution in [2.24, 2.45) is 0 Å². The third-order valence-corrected chi connectivity index (χ3v) is 4.45. The molecule has 2 rings (SSSR count). The van der Waals surface area contributed by atoms with Gasteiger partial charge in [0.1, 0.15) is 0 Å². The van der Waals surface area contributed by atoms with E-state index in [0.717, 1.165) is 12.1 Å². The molecule has 2 aromatic carbocycles. The summed E-state index contributed by atoms with van der Waals surface area (Å²) < 4.78 is 27.6. The normalized spacial score (nSPS) is 11.1. The number of rotatable bonds is 4. The van der Waals surface area contributed by atoms with E-state index in [9.17, 15) is 18.5 Å². The first-order chi connectivity index (χ1) is 9.79. The average molecular weight is 372 g/mol. The number of nitrogens with one attached hydrogen (secondary N) is 1. The lowest BCUT2D eigenvalue weighted by molar-refractivity contribution is -0.387. The Morgan fingerprint density at radius 1 is 1.19 bits per heavy atom. The van der Waals surface area contributed by atoms with Crippen molar-refractivity contribution < 1.29 is 13.3 Å². The number of hydrogen-bond donors (Lipinski definition) is 2. The fourth-order valence-electron chi connectivity index (χ4n) is 1.66. The van der Waals surface area contributed by atoms with Gasteiger partial charge in [-0.15, -0.1) is 0 Å². The highest BCUT2D eigenvalue weighted by Gasteiger charge is 2.26. The van der Waals surface area contributed by atoms with Crippen LogP contribution in [-0.2, 0) is 10.0 Å². The molecule has 0 unspecified atom stereocenters. The van der Waals surface area contributed by atoms with E-state index in [2.05, 4.69) is 20.7 Å². The molecule has 110 valence electrons. The molecule has 0 radical (unpaired) electrons. The highest BCUT2D eigenvalue weighted by atomic mass is 79.9. The van der Waals surface area contributed by atoms with E-state index in [1.807, 2.05) is 0 Å². The fraction of sp³-hybridized carbons (Fsp3) is 0. The maximum Gasteiger partial charge on any atom is 0.290 e. The standard InChI is InChI=1S/C12H10BrN3O4S/c13-8-2-1-3-10(6-8)15-21(19,20)12-7-9(14)4-5-11(12)16(17)18/h1-7,15H,14H2. The van der Waals surface area contributed by atoms with Crippen LogP contribution in [0.3, 0.4) is 0 Å². The van der Waals surface area contributed by atoms with Crippen LogP contribution in [0.5, 0.6) is 0 Å². The van der Waals surface area contributed by atoms with E-state index in [1.54, 1.807) is 12.1 Å². The number of nitrogens with zero attached hydrogens (tertiary/aromatic N) is 1. The van der Waals surface area contributed by atoms with E-state index in [1.165, 1.54) is 18.2 Å². The highest BCUT2D eigenvalue weighted by molar-refractivity contribution is 9.10. The topological polar surface area (TPSA) is 115 Å². The van der Waals surface area contributed by atoms with Crippen LogP contribution in [0.2, 0.25) is 0 Å². The third kappa shape index (κ3) is 3.50. The molecule has 0 bridgehead atoms. The van der Waals surface area contributed by atoms with E-state index in [4.69, 9.17) is 5.73 Å². The van der Waals surface area contributed by atoms with Gasteiger partial charge in [-0.3, -0.25) is 14.8 Å². The predicted molar refractivity (Wildman–Crippen MR) is 82.5 cm³/mol. The van der Waals surface area contributed by atoms with E-state index in [0.29, 0.717) is 4.47 Å². The second-order valence-corrected chi connectivity index (χ2v) is 6.67. The molecule has 2 aromatic rings. The lowest BCUT2D eigenvalue weighted by Crippen LogP contribution is -2.15. The highest BCUT2D eigenvalue weighted by Crippen LogP contribution is 2.28. The number of nitrogen functional groups attached to an aromatic ring is 1. The molecule has 9 heteroatoms. The number of sulfonamides is 1. The van der Waals surface area contributed by atoms with Crippen LogP contribution in [-0.4, -0.2) is 13.3 Å². The Hall–Kier alpha value is -2.13. The molecule has 0 saturated heterocycles. The minimum absolute atomic E-state index is 0.121. The molecule has 0 heterocycles. The Morgan fingerprint density at radius 3 is 2.52 bits per heavy atom. The van der Waals surface area contributed by atoms with E-state index in [-0.39, 0.29) is 11.4 Å². The summed E-state index contributed by atoms with van der Waals surface area (Å²) in [5.74, 6) is 0. The Kier molecular flexibility index (Phi) is 4.14. The first kappa shape index (κ1) is 15.3. The monoisotopic (exact) mass is 371 g/mol. The minimum atomic E-state index is -4.12. The number of hydrogen-bond acceptors (Lipinski definition) is 5. The molecule has 0 fully saturated rings. The Balaban J connectivity index is 2.49. The molecule has 0 atom stereocenters. The van der Waals surface area contributed by atoms with Gasteiger partial charge in [0.2, 0.25) is 0 Å². The Morgan fingerprint density at radius 2 is 1.90 bits per heavy atom. The molecule has 0 spiro atoms. The van der Waals surface area contributed by atoms with Crippen LogP contribution in [0.1, 0.15) is 0 Å². The van der Waals surface area contributed by atoms with Gasteiger partial charge in [0.05, 0.1) is 4.92 Å². The van der Waals surface area contributed by atoms with Crippen LogP contribution in [0.25, 0.3) is 0 Å². The number of benzene rings is 2. The second-order valence-electron chi connectivity index (χ2n) is 4.10.